The van der Waals surface area contributed by atoms with E-state index in [1.54, 1.807) is 0 Å². The highest BCUT2D eigenvalue weighted by Crippen LogP contribution is 2.39. The van der Waals surface area contributed by atoms with Crippen molar-refractivity contribution in [2.45, 2.75) is 18.9 Å². The molecule has 0 saturated carbocycles. The number of aromatic nitrogens is 1. The molecule has 1 aromatic carbocycles. The van der Waals surface area contributed by atoms with E-state index in [-0.39, 0.29) is 11.9 Å². The number of amides is 1. The first-order valence-electron chi connectivity index (χ1n) is 6.41. The number of hydrogen-bond donors (Lipinski definition) is 3. The number of aromatic amines is 1. The summed E-state index contributed by atoms with van der Waals surface area (Å²) in [5.74, 6) is -0.0516. The van der Waals surface area contributed by atoms with Crippen molar-refractivity contribution in [3.8, 4) is 0 Å². The number of nitrogens with one attached hydrogen (secondary N) is 2. The van der Waals surface area contributed by atoms with Crippen molar-refractivity contribution in [2.75, 3.05) is 0 Å². The largest absolute Gasteiger partial charge is 0.370 e. The topological polar surface area (TPSA) is 83.3 Å². The van der Waals surface area contributed by atoms with Crippen molar-refractivity contribution in [1.82, 2.24) is 10.3 Å². The second-order valence-electron chi connectivity index (χ2n) is 5.19. The summed E-state index contributed by atoms with van der Waals surface area (Å²) in [5, 5.41) is 3.57. The zero-order valence-electron chi connectivity index (χ0n) is 11.2. The van der Waals surface area contributed by atoms with E-state index in [9.17, 15) is 4.79 Å². The molecule has 1 amide bonds. The average molecular weight is 268 g/mol. The number of nitrogens with two attached hydrogens (primary N) is 1. The molecule has 0 spiro atoms. The highest BCUT2D eigenvalue weighted by molar-refractivity contribution is 6.09. The third-order valence-corrected chi connectivity index (χ3v) is 3.52. The number of rotatable bonds is 3. The molecular formula is C15H16N4O. The van der Waals surface area contributed by atoms with Crippen LogP contribution in [0.15, 0.2) is 47.6 Å². The van der Waals surface area contributed by atoms with Crippen LogP contribution in [0.2, 0.25) is 0 Å². The first kappa shape index (κ1) is 12.5. The van der Waals surface area contributed by atoms with E-state index in [1.807, 2.05) is 37.4 Å². The van der Waals surface area contributed by atoms with Crippen LogP contribution in [0, 0.1) is 0 Å². The molecular weight excluding hydrogens is 252 g/mol. The molecule has 1 aromatic heterocycles. The number of fused-ring (bicyclic) bond motifs is 1. The van der Waals surface area contributed by atoms with Crippen LogP contribution in [0.25, 0.3) is 10.9 Å². The maximum absolute atomic E-state index is 12.4. The normalized spacial score (nSPS) is 21.9. The van der Waals surface area contributed by atoms with E-state index in [0.717, 1.165) is 22.0 Å². The molecule has 20 heavy (non-hydrogen) atoms. The molecule has 0 radical (unpaired) electrons. The van der Waals surface area contributed by atoms with Crippen LogP contribution in [-0.4, -0.2) is 16.9 Å². The van der Waals surface area contributed by atoms with Crippen molar-refractivity contribution in [1.29, 1.82) is 0 Å². The van der Waals surface area contributed by atoms with Gasteiger partial charge in [0.05, 0.1) is 0 Å². The smallest absolute Gasteiger partial charge is 0.259 e. The number of aliphatic imine (C=N–C) groups is 1. The van der Waals surface area contributed by atoms with E-state index in [0.29, 0.717) is 6.42 Å². The van der Waals surface area contributed by atoms with Gasteiger partial charge in [-0.05, 0) is 13.0 Å². The standard InChI is InChI=1S/C15H16N4O/c1-9(2)7-15(13(20)18-14(16)19-15)11-8-17-12-6-4-3-5-10(11)12/h3-6,8,17H,1,7H2,2H3,(H3,16,18,19,20). The van der Waals surface area contributed by atoms with Crippen LogP contribution in [0.5, 0.6) is 0 Å². The minimum Gasteiger partial charge on any atom is -0.370 e. The van der Waals surface area contributed by atoms with Gasteiger partial charge in [0, 0.05) is 29.1 Å². The molecule has 0 aliphatic carbocycles. The molecule has 2 heterocycles. The van der Waals surface area contributed by atoms with E-state index >= 15 is 0 Å². The second kappa shape index (κ2) is 4.23. The molecule has 0 fully saturated rings. The molecule has 0 saturated heterocycles. The summed E-state index contributed by atoms with van der Waals surface area (Å²) in [7, 11) is 0. The number of benzene rings is 1. The lowest BCUT2D eigenvalue weighted by atomic mass is 9.84. The van der Waals surface area contributed by atoms with Gasteiger partial charge in [-0.2, -0.15) is 0 Å². The Morgan fingerprint density at radius 2 is 2.20 bits per heavy atom. The van der Waals surface area contributed by atoms with Gasteiger partial charge in [0.1, 0.15) is 0 Å². The first-order chi connectivity index (χ1) is 9.53. The quantitative estimate of drug-likeness (QED) is 0.741. The predicted octanol–water partition coefficient (Wildman–Crippen LogP) is 1.77. The van der Waals surface area contributed by atoms with Gasteiger partial charge < -0.3 is 10.7 Å². The van der Waals surface area contributed by atoms with E-state index in [1.165, 1.54) is 0 Å². The number of hydrogen-bond acceptors (Lipinski definition) is 3. The van der Waals surface area contributed by atoms with Crippen molar-refractivity contribution in [2.24, 2.45) is 10.7 Å². The lowest BCUT2D eigenvalue weighted by Crippen LogP contribution is -2.39. The molecule has 1 aliphatic rings. The Balaban J connectivity index is 2.25. The number of H-pyrrole nitrogens is 1. The molecule has 4 N–H and O–H groups in total. The van der Waals surface area contributed by atoms with Crippen molar-refractivity contribution in [3.63, 3.8) is 0 Å². The fraction of sp³-hybridized carbons (Fsp3) is 0.200. The van der Waals surface area contributed by atoms with Crippen LogP contribution in [-0.2, 0) is 10.3 Å². The van der Waals surface area contributed by atoms with E-state index in [4.69, 9.17) is 5.73 Å². The highest BCUT2D eigenvalue weighted by Gasteiger charge is 2.46. The monoisotopic (exact) mass is 268 g/mol. The molecule has 5 nitrogen and oxygen atoms in total. The maximum atomic E-state index is 12.4. The van der Waals surface area contributed by atoms with Gasteiger partial charge in [-0.1, -0.05) is 23.8 Å². The second-order valence-corrected chi connectivity index (χ2v) is 5.19. The third kappa shape index (κ3) is 1.71. The zero-order valence-corrected chi connectivity index (χ0v) is 11.2. The highest BCUT2D eigenvalue weighted by atomic mass is 16.2. The fourth-order valence-corrected chi connectivity index (χ4v) is 2.75. The molecule has 1 atom stereocenters. The van der Waals surface area contributed by atoms with Gasteiger partial charge in [-0.15, -0.1) is 6.58 Å². The number of nitrogens with zero attached hydrogens (tertiary/aromatic N) is 1. The Hall–Kier alpha value is -2.56. The van der Waals surface area contributed by atoms with Crippen LogP contribution in [0.3, 0.4) is 0 Å². The van der Waals surface area contributed by atoms with Crippen molar-refractivity contribution < 1.29 is 4.79 Å². The molecule has 2 aromatic rings. The van der Waals surface area contributed by atoms with E-state index in [2.05, 4.69) is 21.9 Å². The Kier molecular flexibility index (Phi) is 2.64. The fourth-order valence-electron chi connectivity index (χ4n) is 2.75. The Bertz CT molecular complexity index is 743. The average Bonchev–Trinajstić information content (AvgIpc) is 2.91. The van der Waals surface area contributed by atoms with Crippen molar-refractivity contribution >= 4 is 22.8 Å². The molecule has 5 heteroatoms. The summed E-state index contributed by atoms with van der Waals surface area (Å²) < 4.78 is 0. The van der Waals surface area contributed by atoms with Gasteiger partial charge in [-0.25, -0.2) is 4.99 Å². The lowest BCUT2D eigenvalue weighted by molar-refractivity contribution is -0.124. The maximum Gasteiger partial charge on any atom is 0.259 e. The lowest BCUT2D eigenvalue weighted by Gasteiger charge is -2.23. The van der Waals surface area contributed by atoms with Crippen LogP contribution in [0.1, 0.15) is 18.9 Å². The molecule has 0 bridgehead atoms. The van der Waals surface area contributed by atoms with Gasteiger partial charge in [0.25, 0.3) is 5.91 Å². The molecule has 102 valence electrons. The summed E-state index contributed by atoms with van der Waals surface area (Å²) in [6.45, 7) is 5.80. The van der Waals surface area contributed by atoms with Crippen LogP contribution < -0.4 is 11.1 Å². The zero-order chi connectivity index (χ0) is 14.3. The molecule has 1 unspecified atom stereocenters. The van der Waals surface area contributed by atoms with E-state index < -0.39 is 5.54 Å². The minimum atomic E-state index is -1.02. The van der Waals surface area contributed by atoms with Gasteiger partial charge in [-0.3, -0.25) is 10.1 Å². The molecule has 3 rings (SSSR count). The summed E-state index contributed by atoms with van der Waals surface area (Å²) in [6, 6.07) is 7.82. The number of para-hydroxylation sites is 1. The SMILES string of the molecule is C=C(C)CC1(c2c[nH]c3ccccc23)N=C(N)NC1=O. The van der Waals surface area contributed by atoms with Gasteiger partial charge in [0.15, 0.2) is 11.5 Å². The Morgan fingerprint density at radius 1 is 1.45 bits per heavy atom. The summed E-state index contributed by atoms with van der Waals surface area (Å²) in [4.78, 5) is 20.0. The number of carbonyl (C=O) groups is 1. The summed E-state index contributed by atoms with van der Waals surface area (Å²) >= 11 is 0. The number of guanidine groups is 1. The predicted molar refractivity (Wildman–Crippen MR) is 79.2 cm³/mol. The summed E-state index contributed by atoms with van der Waals surface area (Å²) in [6.07, 6.45) is 2.26. The van der Waals surface area contributed by atoms with Gasteiger partial charge >= 0.3 is 0 Å². The summed E-state index contributed by atoms with van der Waals surface area (Å²) in [5.41, 5.74) is 7.36. The first-order valence-corrected chi connectivity index (χ1v) is 6.41. The Morgan fingerprint density at radius 3 is 2.85 bits per heavy atom. The van der Waals surface area contributed by atoms with Crippen LogP contribution in [0.4, 0.5) is 0 Å². The molecule has 1 aliphatic heterocycles. The van der Waals surface area contributed by atoms with Gasteiger partial charge in [0.2, 0.25) is 0 Å². The number of carbonyl (C=O) groups excluding carboxylic acids is 1. The van der Waals surface area contributed by atoms with Crippen LogP contribution >= 0.6 is 0 Å². The minimum absolute atomic E-state index is 0.154. The third-order valence-electron chi connectivity index (χ3n) is 3.52. The Labute approximate surface area is 116 Å². The van der Waals surface area contributed by atoms with Crippen molar-refractivity contribution in [3.05, 3.63) is 48.2 Å².